The van der Waals surface area contributed by atoms with Gasteiger partial charge in [0, 0.05) is 11.4 Å². The molecule has 0 spiro atoms. The maximum atomic E-state index is 4.78. The van der Waals surface area contributed by atoms with E-state index in [0.29, 0.717) is 5.92 Å². The van der Waals surface area contributed by atoms with Gasteiger partial charge in [0.15, 0.2) is 0 Å². The fourth-order valence-electron chi connectivity index (χ4n) is 1.84. The Hall–Kier alpha value is -0.410. The summed E-state index contributed by atoms with van der Waals surface area (Å²) >= 11 is 1.90. The van der Waals surface area contributed by atoms with Crippen LogP contribution >= 0.6 is 11.3 Å². The van der Waals surface area contributed by atoms with Gasteiger partial charge >= 0.3 is 0 Å². The van der Waals surface area contributed by atoms with Crippen molar-refractivity contribution in [3.63, 3.8) is 0 Å². The van der Waals surface area contributed by atoms with Gasteiger partial charge in [0.05, 0.1) is 10.7 Å². The molecule has 3 heteroatoms. The summed E-state index contributed by atoms with van der Waals surface area (Å²) in [6.07, 6.45) is 3.44. The van der Waals surface area contributed by atoms with E-state index in [-0.39, 0.29) is 0 Å². The lowest BCUT2D eigenvalue weighted by atomic mass is 10.1. The molecule has 0 amide bonds. The molecule has 1 rings (SSSR count). The van der Waals surface area contributed by atoms with Crippen LogP contribution < -0.4 is 5.32 Å². The van der Waals surface area contributed by atoms with Crippen LogP contribution in [0.1, 0.15) is 56.6 Å². The summed E-state index contributed by atoms with van der Waals surface area (Å²) in [5.74, 6) is 1.48. The number of thiazole rings is 1. The van der Waals surface area contributed by atoms with Gasteiger partial charge in [0.2, 0.25) is 0 Å². The Morgan fingerprint density at radius 1 is 1.17 bits per heavy atom. The molecule has 0 aromatic carbocycles. The van der Waals surface area contributed by atoms with Gasteiger partial charge in [-0.2, -0.15) is 0 Å². The van der Waals surface area contributed by atoms with Gasteiger partial charge < -0.3 is 5.32 Å². The third kappa shape index (κ3) is 5.49. The number of aromatic nitrogens is 1. The zero-order chi connectivity index (χ0) is 13.5. The maximum Gasteiger partial charge on any atom is 0.0931 e. The molecule has 0 bridgehead atoms. The van der Waals surface area contributed by atoms with Crippen LogP contribution in [-0.4, -0.2) is 11.5 Å². The zero-order valence-electron chi connectivity index (χ0n) is 12.5. The first-order valence-electron chi connectivity index (χ1n) is 7.21. The first-order chi connectivity index (χ1) is 8.52. The quantitative estimate of drug-likeness (QED) is 0.769. The van der Waals surface area contributed by atoms with Gasteiger partial charge in [0.25, 0.3) is 0 Å². The van der Waals surface area contributed by atoms with Crippen LogP contribution in [0.2, 0.25) is 0 Å². The molecule has 0 aliphatic rings. The van der Waals surface area contributed by atoms with E-state index in [9.17, 15) is 0 Å². The summed E-state index contributed by atoms with van der Waals surface area (Å²) in [6, 6.07) is 0. The molecule has 0 fully saturated rings. The van der Waals surface area contributed by atoms with Crippen molar-refractivity contribution in [2.45, 2.75) is 60.4 Å². The molecule has 1 aromatic rings. The van der Waals surface area contributed by atoms with Crippen molar-refractivity contribution in [1.82, 2.24) is 10.3 Å². The molecule has 1 aromatic heterocycles. The van der Waals surface area contributed by atoms with E-state index in [1.807, 2.05) is 11.3 Å². The second-order valence-corrected chi connectivity index (χ2v) is 6.96. The topological polar surface area (TPSA) is 24.9 Å². The average Bonchev–Trinajstić information content (AvgIpc) is 2.68. The van der Waals surface area contributed by atoms with Crippen molar-refractivity contribution in [2.24, 2.45) is 11.8 Å². The number of nitrogens with zero attached hydrogens (tertiary/aromatic N) is 1. The van der Waals surface area contributed by atoms with Crippen LogP contribution in [0.5, 0.6) is 0 Å². The largest absolute Gasteiger partial charge is 0.312 e. The highest BCUT2D eigenvalue weighted by Crippen LogP contribution is 2.21. The fourth-order valence-corrected chi connectivity index (χ4v) is 2.99. The Labute approximate surface area is 116 Å². The lowest BCUT2D eigenvalue weighted by Crippen LogP contribution is -2.18. The third-order valence-electron chi connectivity index (χ3n) is 2.93. The molecule has 1 N–H and O–H groups in total. The van der Waals surface area contributed by atoms with Crippen LogP contribution in [0.4, 0.5) is 0 Å². The van der Waals surface area contributed by atoms with Crippen molar-refractivity contribution in [1.29, 1.82) is 0 Å². The third-order valence-corrected chi connectivity index (χ3v) is 4.09. The minimum absolute atomic E-state index is 0.711. The van der Waals surface area contributed by atoms with Crippen LogP contribution in [0.3, 0.4) is 0 Å². The van der Waals surface area contributed by atoms with Gasteiger partial charge in [-0.3, -0.25) is 0 Å². The Kier molecular flexibility index (Phi) is 6.87. The molecule has 0 aliphatic carbocycles. The van der Waals surface area contributed by atoms with Gasteiger partial charge in [-0.25, -0.2) is 4.98 Å². The predicted molar refractivity (Wildman–Crippen MR) is 81.2 cm³/mol. The number of aryl methyl sites for hydroxylation is 2. The summed E-state index contributed by atoms with van der Waals surface area (Å²) in [7, 11) is 0. The molecule has 0 aliphatic heterocycles. The molecule has 0 unspecified atom stereocenters. The first-order valence-corrected chi connectivity index (χ1v) is 8.02. The van der Waals surface area contributed by atoms with Gasteiger partial charge in [-0.15, -0.1) is 11.3 Å². The van der Waals surface area contributed by atoms with E-state index in [2.05, 4.69) is 39.9 Å². The number of nitrogens with one attached hydrogen (secondary N) is 1. The van der Waals surface area contributed by atoms with Gasteiger partial charge in [-0.05, 0) is 37.6 Å². The van der Waals surface area contributed by atoms with Crippen LogP contribution in [0.25, 0.3) is 0 Å². The van der Waals surface area contributed by atoms with Crippen molar-refractivity contribution in [3.05, 3.63) is 15.6 Å². The van der Waals surface area contributed by atoms with E-state index in [0.717, 1.165) is 31.8 Å². The number of hydrogen-bond donors (Lipinski definition) is 1. The lowest BCUT2D eigenvalue weighted by Gasteiger charge is -2.06. The monoisotopic (exact) mass is 268 g/mol. The van der Waals surface area contributed by atoms with Crippen molar-refractivity contribution in [2.75, 3.05) is 6.54 Å². The average molecular weight is 268 g/mol. The highest BCUT2D eigenvalue weighted by atomic mass is 32.1. The summed E-state index contributed by atoms with van der Waals surface area (Å²) in [4.78, 5) is 6.22. The van der Waals surface area contributed by atoms with Gasteiger partial charge in [0.1, 0.15) is 0 Å². The van der Waals surface area contributed by atoms with E-state index in [1.54, 1.807) is 0 Å². The molecule has 104 valence electrons. The first kappa shape index (κ1) is 15.6. The molecule has 0 atom stereocenters. The summed E-state index contributed by atoms with van der Waals surface area (Å²) in [5, 5.41) is 4.85. The maximum absolute atomic E-state index is 4.78. The second-order valence-electron chi connectivity index (χ2n) is 5.79. The predicted octanol–water partition coefficient (Wildman–Crippen LogP) is 4.04. The van der Waals surface area contributed by atoms with E-state index in [4.69, 9.17) is 4.98 Å². The highest BCUT2D eigenvalue weighted by molar-refractivity contribution is 7.11. The molecule has 2 nitrogen and oxygen atoms in total. The SMILES string of the molecule is CCc1nc(CCC(C)C)sc1CNCC(C)C. The van der Waals surface area contributed by atoms with E-state index >= 15 is 0 Å². The normalized spacial score (nSPS) is 11.7. The minimum Gasteiger partial charge on any atom is -0.312 e. The summed E-state index contributed by atoms with van der Waals surface area (Å²) < 4.78 is 0. The summed E-state index contributed by atoms with van der Waals surface area (Å²) in [6.45, 7) is 13.3. The van der Waals surface area contributed by atoms with E-state index in [1.165, 1.54) is 22.0 Å². The molecular weight excluding hydrogens is 240 g/mol. The lowest BCUT2D eigenvalue weighted by molar-refractivity contribution is 0.553. The molecule has 18 heavy (non-hydrogen) atoms. The molecular formula is C15H28N2S. The van der Waals surface area contributed by atoms with Crippen molar-refractivity contribution < 1.29 is 0 Å². The second kappa shape index (κ2) is 7.90. The zero-order valence-corrected chi connectivity index (χ0v) is 13.4. The summed E-state index contributed by atoms with van der Waals surface area (Å²) in [5.41, 5.74) is 1.30. The van der Waals surface area contributed by atoms with Gasteiger partial charge in [-0.1, -0.05) is 34.6 Å². The Morgan fingerprint density at radius 3 is 2.44 bits per heavy atom. The van der Waals surface area contributed by atoms with E-state index < -0.39 is 0 Å². The minimum atomic E-state index is 0.711. The Bertz CT molecular complexity index is 342. The molecule has 0 saturated heterocycles. The standard InChI is InChI=1S/C15H28N2S/c1-6-13-14(10-16-9-12(4)5)18-15(17-13)8-7-11(2)3/h11-12,16H,6-10H2,1-5H3. The van der Waals surface area contributed by atoms with Crippen molar-refractivity contribution in [3.8, 4) is 0 Å². The number of rotatable bonds is 8. The number of hydrogen-bond acceptors (Lipinski definition) is 3. The Balaban J connectivity index is 2.54. The Morgan fingerprint density at radius 2 is 1.89 bits per heavy atom. The highest BCUT2D eigenvalue weighted by Gasteiger charge is 2.10. The smallest absolute Gasteiger partial charge is 0.0931 e. The van der Waals surface area contributed by atoms with Crippen LogP contribution in [0.15, 0.2) is 0 Å². The fraction of sp³-hybridized carbons (Fsp3) is 0.800. The molecule has 0 saturated carbocycles. The van der Waals surface area contributed by atoms with Crippen LogP contribution in [0, 0.1) is 11.8 Å². The molecule has 0 radical (unpaired) electrons. The van der Waals surface area contributed by atoms with Crippen molar-refractivity contribution >= 4 is 11.3 Å². The molecule has 1 heterocycles. The van der Waals surface area contributed by atoms with Crippen LogP contribution in [-0.2, 0) is 19.4 Å².